The van der Waals surface area contributed by atoms with Gasteiger partial charge in [0, 0.05) is 16.8 Å². The molecule has 0 unspecified atom stereocenters. The zero-order chi connectivity index (χ0) is 20.9. The summed E-state index contributed by atoms with van der Waals surface area (Å²) in [4.78, 5) is 30.3. The number of hydrogen-bond acceptors (Lipinski definition) is 3. The van der Waals surface area contributed by atoms with E-state index >= 15 is 0 Å². The van der Waals surface area contributed by atoms with Crippen LogP contribution in [0.15, 0.2) is 42.5 Å². The number of nitrogens with one attached hydrogen (secondary N) is 2. The van der Waals surface area contributed by atoms with Crippen LogP contribution in [0.25, 0.3) is 10.9 Å². The molecule has 5 rings (SSSR count). The summed E-state index contributed by atoms with van der Waals surface area (Å²) < 4.78 is 0. The van der Waals surface area contributed by atoms with Crippen LogP contribution in [0.1, 0.15) is 53.6 Å². The molecule has 1 aromatic heterocycles. The molecule has 1 spiro atoms. The number of benzene rings is 2. The predicted octanol–water partition coefficient (Wildman–Crippen LogP) is 5.60. The lowest BCUT2D eigenvalue weighted by atomic mass is 9.70. The minimum absolute atomic E-state index is 0.0818. The van der Waals surface area contributed by atoms with E-state index in [0.29, 0.717) is 11.3 Å². The number of para-hydroxylation sites is 1. The van der Waals surface area contributed by atoms with Gasteiger partial charge in [0.15, 0.2) is 0 Å². The quantitative estimate of drug-likeness (QED) is 0.531. The van der Waals surface area contributed by atoms with Crippen LogP contribution in [0.2, 0.25) is 5.15 Å². The molecule has 152 valence electrons. The van der Waals surface area contributed by atoms with Crippen LogP contribution >= 0.6 is 11.6 Å². The Hall–Kier alpha value is -2.92. The van der Waals surface area contributed by atoms with Crippen molar-refractivity contribution in [3.05, 3.63) is 64.3 Å². The number of carbonyl (C=O) groups is 2. The van der Waals surface area contributed by atoms with E-state index in [-0.39, 0.29) is 17.0 Å². The average molecular weight is 420 g/mol. The molecule has 0 bridgehead atoms. The molecule has 6 heteroatoms. The van der Waals surface area contributed by atoms with Crippen LogP contribution in [0, 0.1) is 6.92 Å². The van der Waals surface area contributed by atoms with Gasteiger partial charge in [-0.2, -0.15) is 0 Å². The lowest BCUT2D eigenvalue weighted by Crippen LogP contribution is -2.36. The summed E-state index contributed by atoms with van der Waals surface area (Å²) in [7, 11) is 0. The Bertz CT molecular complexity index is 1200. The minimum atomic E-state index is -0.466. The van der Waals surface area contributed by atoms with Gasteiger partial charge in [0.25, 0.3) is 5.91 Å². The Balaban J connectivity index is 1.50. The summed E-state index contributed by atoms with van der Waals surface area (Å²) in [5.41, 5.74) is 3.96. The molecule has 2 N–H and O–H groups in total. The average Bonchev–Trinajstić information content (AvgIpc) is 2.99. The van der Waals surface area contributed by atoms with E-state index < -0.39 is 5.41 Å². The monoisotopic (exact) mass is 419 g/mol. The Kier molecular flexibility index (Phi) is 4.51. The lowest BCUT2D eigenvalue weighted by Gasteiger charge is -2.31. The van der Waals surface area contributed by atoms with Crippen molar-refractivity contribution < 1.29 is 9.59 Å². The minimum Gasteiger partial charge on any atom is -0.325 e. The Morgan fingerprint density at radius 1 is 1.13 bits per heavy atom. The number of aromatic nitrogens is 1. The number of hydrogen-bond donors (Lipinski definition) is 2. The fourth-order valence-corrected chi connectivity index (χ4v) is 5.26. The van der Waals surface area contributed by atoms with Crippen molar-refractivity contribution in [2.75, 3.05) is 10.6 Å². The van der Waals surface area contributed by atoms with E-state index in [4.69, 9.17) is 11.6 Å². The first kappa shape index (κ1) is 19.1. The molecule has 0 radical (unpaired) electrons. The second kappa shape index (κ2) is 7.10. The molecular weight excluding hydrogens is 398 g/mol. The SMILES string of the molecule is Cc1c(C(=O)Nc2ccc3c(c2)C2(CCCCC2)C(=O)N3)c(Cl)nc2ccccc12. The molecule has 1 fully saturated rings. The van der Waals surface area contributed by atoms with Crippen molar-refractivity contribution in [3.63, 3.8) is 0 Å². The van der Waals surface area contributed by atoms with Gasteiger partial charge in [-0.15, -0.1) is 0 Å². The Morgan fingerprint density at radius 2 is 1.90 bits per heavy atom. The molecule has 1 aliphatic heterocycles. The number of amides is 2. The third-order valence-corrected chi connectivity index (χ3v) is 6.79. The van der Waals surface area contributed by atoms with E-state index in [2.05, 4.69) is 15.6 Å². The number of halogens is 1. The van der Waals surface area contributed by atoms with E-state index in [1.807, 2.05) is 49.4 Å². The van der Waals surface area contributed by atoms with Crippen LogP contribution in [-0.4, -0.2) is 16.8 Å². The molecular formula is C24H22ClN3O2. The van der Waals surface area contributed by atoms with Crippen LogP contribution in [0.4, 0.5) is 11.4 Å². The first-order chi connectivity index (χ1) is 14.5. The molecule has 5 nitrogen and oxygen atoms in total. The van der Waals surface area contributed by atoms with E-state index in [0.717, 1.165) is 59.8 Å². The van der Waals surface area contributed by atoms with E-state index in [1.54, 1.807) is 0 Å². The third kappa shape index (κ3) is 2.88. The van der Waals surface area contributed by atoms with Gasteiger partial charge in [0.2, 0.25) is 5.91 Å². The second-order valence-electron chi connectivity index (χ2n) is 8.23. The number of carbonyl (C=O) groups excluding carboxylic acids is 2. The van der Waals surface area contributed by atoms with Gasteiger partial charge in [-0.05, 0) is 55.2 Å². The number of rotatable bonds is 2. The highest BCUT2D eigenvalue weighted by Crippen LogP contribution is 2.48. The maximum atomic E-state index is 13.1. The molecule has 1 aliphatic carbocycles. The number of nitrogens with zero attached hydrogens (tertiary/aromatic N) is 1. The Labute approximate surface area is 179 Å². The van der Waals surface area contributed by atoms with Gasteiger partial charge in [0.05, 0.1) is 16.5 Å². The highest BCUT2D eigenvalue weighted by Gasteiger charge is 2.47. The maximum absolute atomic E-state index is 13.1. The standard InChI is InChI=1S/C24H22ClN3O2/c1-14-16-7-3-4-8-18(16)27-21(25)20(14)22(29)26-15-9-10-19-17(13-15)24(23(30)28-19)11-5-2-6-12-24/h3-4,7-10,13H,2,5-6,11-12H2,1H3,(H,26,29)(H,28,30). The maximum Gasteiger partial charge on any atom is 0.259 e. The fraction of sp³-hybridized carbons (Fsp3) is 0.292. The van der Waals surface area contributed by atoms with Crippen molar-refractivity contribution >= 4 is 45.7 Å². The summed E-state index contributed by atoms with van der Waals surface area (Å²) in [6, 6.07) is 13.3. The Morgan fingerprint density at radius 3 is 2.70 bits per heavy atom. The fourth-order valence-electron chi connectivity index (χ4n) is 4.94. The summed E-state index contributed by atoms with van der Waals surface area (Å²) in [6.07, 6.45) is 4.95. The van der Waals surface area contributed by atoms with Gasteiger partial charge in [-0.25, -0.2) is 4.98 Å². The van der Waals surface area contributed by atoms with Crippen molar-refractivity contribution in [3.8, 4) is 0 Å². The van der Waals surface area contributed by atoms with Crippen molar-refractivity contribution in [2.24, 2.45) is 0 Å². The molecule has 2 heterocycles. The molecule has 30 heavy (non-hydrogen) atoms. The summed E-state index contributed by atoms with van der Waals surface area (Å²) in [6.45, 7) is 1.88. The largest absolute Gasteiger partial charge is 0.325 e. The lowest BCUT2D eigenvalue weighted by molar-refractivity contribution is -0.121. The molecule has 0 atom stereocenters. The van der Waals surface area contributed by atoms with Crippen molar-refractivity contribution in [1.82, 2.24) is 4.98 Å². The summed E-state index contributed by atoms with van der Waals surface area (Å²) in [5, 5.41) is 7.08. The molecule has 2 aromatic carbocycles. The van der Waals surface area contributed by atoms with Crippen molar-refractivity contribution in [1.29, 1.82) is 0 Å². The first-order valence-corrected chi connectivity index (χ1v) is 10.7. The predicted molar refractivity (Wildman–Crippen MR) is 119 cm³/mol. The number of fused-ring (bicyclic) bond motifs is 3. The van der Waals surface area contributed by atoms with Crippen LogP contribution in [0.5, 0.6) is 0 Å². The highest BCUT2D eigenvalue weighted by molar-refractivity contribution is 6.34. The second-order valence-corrected chi connectivity index (χ2v) is 8.59. The first-order valence-electron chi connectivity index (χ1n) is 10.3. The van der Waals surface area contributed by atoms with Crippen LogP contribution in [0.3, 0.4) is 0 Å². The molecule has 0 saturated heterocycles. The number of aryl methyl sites for hydroxylation is 1. The van der Waals surface area contributed by atoms with Gasteiger partial charge in [-0.1, -0.05) is 49.1 Å². The zero-order valence-electron chi connectivity index (χ0n) is 16.7. The van der Waals surface area contributed by atoms with Gasteiger partial charge < -0.3 is 10.6 Å². The van der Waals surface area contributed by atoms with Crippen LogP contribution < -0.4 is 10.6 Å². The highest BCUT2D eigenvalue weighted by atomic mass is 35.5. The van der Waals surface area contributed by atoms with Gasteiger partial charge in [-0.3, -0.25) is 9.59 Å². The smallest absolute Gasteiger partial charge is 0.259 e. The number of pyridine rings is 1. The topological polar surface area (TPSA) is 71.1 Å². The number of anilines is 2. The zero-order valence-corrected chi connectivity index (χ0v) is 17.5. The van der Waals surface area contributed by atoms with Crippen molar-refractivity contribution in [2.45, 2.75) is 44.4 Å². The summed E-state index contributed by atoms with van der Waals surface area (Å²) in [5.74, 6) is -0.219. The normalized spacial score (nSPS) is 17.1. The molecule has 3 aromatic rings. The molecule has 1 saturated carbocycles. The van der Waals surface area contributed by atoms with Crippen LogP contribution in [-0.2, 0) is 10.2 Å². The molecule has 2 amide bonds. The van der Waals surface area contributed by atoms with Gasteiger partial charge in [0.1, 0.15) is 5.15 Å². The van der Waals surface area contributed by atoms with Gasteiger partial charge >= 0.3 is 0 Å². The third-order valence-electron chi connectivity index (χ3n) is 6.52. The molecule has 2 aliphatic rings. The van der Waals surface area contributed by atoms with E-state index in [9.17, 15) is 9.59 Å². The summed E-state index contributed by atoms with van der Waals surface area (Å²) >= 11 is 6.37. The van der Waals surface area contributed by atoms with E-state index in [1.165, 1.54) is 0 Å².